The van der Waals surface area contributed by atoms with E-state index in [4.69, 9.17) is 19.8 Å². The first-order valence-electron chi connectivity index (χ1n) is 12.1. The number of hydrazone groups is 1. The van der Waals surface area contributed by atoms with Crippen LogP contribution in [0.3, 0.4) is 0 Å². The van der Waals surface area contributed by atoms with Crippen molar-refractivity contribution in [2.75, 3.05) is 39.3 Å². The molecule has 3 aliphatic rings. The molecule has 0 bridgehead atoms. The van der Waals surface area contributed by atoms with E-state index < -0.39 is 5.97 Å². The van der Waals surface area contributed by atoms with Crippen molar-refractivity contribution in [1.82, 2.24) is 20.7 Å². The molecule has 0 saturated carbocycles. The van der Waals surface area contributed by atoms with Crippen molar-refractivity contribution in [3.05, 3.63) is 35.4 Å². The quantitative estimate of drug-likeness (QED) is 0.505. The number of piperazine rings is 1. The molecule has 33 heavy (non-hydrogen) atoms. The Morgan fingerprint density at radius 2 is 1.91 bits per heavy atom. The van der Waals surface area contributed by atoms with E-state index in [0.717, 1.165) is 57.5 Å². The maximum Gasteiger partial charge on any atom is 0.329 e. The van der Waals surface area contributed by atoms with Gasteiger partial charge in [0.25, 0.3) is 0 Å². The van der Waals surface area contributed by atoms with Gasteiger partial charge in [-0.1, -0.05) is 24.3 Å². The number of hydrogen-bond donors (Lipinski definition) is 3. The summed E-state index contributed by atoms with van der Waals surface area (Å²) in [5.41, 5.74) is 5.52. The van der Waals surface area contributed by atoms with Crippen molar-refractivity contribution in [3.8, 4) is 0 Å². The van der Waals surface area contributed by atoms with E-state index in [1.54, 1.807) is 0 Å². The lowest BCUT2D eigenvalue weighted by atomic mass is 10.0. The van der Waals surface area contributed by atoms with Crippen molar-refractivity contribution >= 4 is 12.2 Å². The molecule has 0 amide bonds. The van der Waals surface area contributed by atoms with Crippen molar-refractivity contribution in [1.29, 1.82) is 0 Å². The highest BCUT2D eigenvalue weighted by molar-refractivity contribution is 5.79. The van der Waals surface area contributed by atoms with Crippen LogP contribution in [0.15, 0.2) is 29.4 Å². The summed E-state index contributed by atoms with van der Waals surface area (Å²) >= 11 is 0. The average Bonchev–Trinajstić information content (AvgIpc) is 3.27. The van der Waals surface area contributed by atoms with Gasteiger partial charge in [-0.15, -0.1) is 0 Å². The molecule has 9 heteroatoms. The molecule has 0 aromatic heterocycles. The highest BCUT2D eigenvalue weighted by Gasteiger charge is 2.30. The van der Waals surface area contributed by atoms with Crippen molar-refractivity contribution in [2.24, 2.45) is 5.10 Å². The van der Waals surface area contributed by atoms with Crippen LogP contribution in [-0.4, -0.2) is 90.8 Å². The molecule has 3 heterocycles. The Bertz CT molecular complexity index is 787. The van der Waals surface area contributed by atoms with E-state index in [0.29, 0.717) is 12.1 Å². The van der Waals surface area contributed by atoms with Crippen LogP contribution in [-0.2, 0) is 14.4 Å². The van der Waals surface area contributed by atoms with Gasteiger partial charge in [-0.25, -0.2) is 4.79 Å². The number of carbonyl (C=O) groups is 1. The standard InChI is InChI=1S/C24H37N5O4/c1-17-12-25-13-18(2)29(17)26-14-19-3-5-20(6-4-19)23-11-22(33-27-23)15-28-9-7-21(8-10-28)32-16-24(30)31/h3-6,14,17-18,21-23,25,27H,7-13,15-16H2,1-2H3,(H,30,31). The Morgan fingerprint density at radius 3 is 2.58 bits per heavy atom. The Labute approximate surface area is 196 Å². The summed E-state index contributed by atoms with van der Waals surface area (Å²) in [6.07, 6.45) is 4.80. The second kappa shape index (κ2) is 11.4. The molecule has 4 rings (SSSR count). The van der Waals surface area contributed by atoms with Crippen LogP contribution in [0.4, 0.5) is 0 Å². The molecular formula is C24H37N5O4. The molecule has 0 radical (unpaired) electrons. The lowest BCUT2D eigenvalue weighted by Gasteiger charge is -2.37. The summed E-state index contributed by atoms with van der Waals surface area (Å²) in [7, 11) is 0. The Morgan fingerprint density at radius 1 is 1.21 bits per heavy atom. The summed E-state index contributed by atoms with van der Waals surface area (Å²) in [6, 6.07) is 9.51. The maximum absolute atomic E-state index is 10.7. The Hall–Kier alpha value is -2.04. The Kier molecular flexibility index (Phi) is 8.32. The third-order valence-corrected chi connectivity index (χ3v) is 6.78. The third kappa shape index (κ3) is 6.74. The van der Waals surface area contributed by atoms with Gasteiger partial charge in [0.15, 0.2) is 0 Å². The number of aliphatic carboxylic acids is 1. The van der Waals surface area contributed by atoms with Gasteiger partial charge in [-0.05, 0) is 44.2 Å². The van der Waals surface area contributed by atoms with Crippen molar-refractivity contribution < 1.29 is 19.5 Å². The molecular weight excluding hydrogens is 422 g/mol. The predicted molar refractivity (Wildman–Crippen MR) is 126 cm³/mol. The number of likely N-dealkylation sites (tertiary alicyclic amines) is 1. The van der Waals surface area contributed by atoms with E-state index in [-0.39, 0.29) is 24.9 Å². The monoisotopic (exact) mass is 459 g/mol. The van der Waals surface area contributed by atoms with Crippen LogP contribution in [0.1, 0.15) is 50.3 Å². The number of carboxylic acid groups (broad SMARTS) is 1. The van der Waals surface area contributed by atoms with Gasteiger partial charge in [0, 0.05) is 32.7 Å². The minimum Gasteiger partial charge on any atom is -0.480 e. The fraction of sp³-hybridized carbons (Fsp3) is 0.667. The predicted octanol–water partition coefficient (Wildman–Crippen LogP) is 1.60. The molecule has 4 unspecified atom stereocenters. The fourth-order valence-electron chi connectivity index (χ4n) is 4.89. The lowest BCUT2D eigenvalue weighted by molar-refractivity contribution is -0.145. The maximum atomic E-state index is 10.7. The number of hydroxylamine groups is 1. The summed E-state index contributed by atoms with van der Waals surface area (Å²) in [5, 5.41) is 19.1. The van der Waals surface area contributed by atoms with Crippen LogP contribution in [0.5, 0.6) is 0 Å². The number of nitrogens with one attached hydrogen (secondary N) is 2. The zero-order chi connectivity index (χ0) is 23.2. The average molecular weight is 460 g/mol. The van der Waals surface area contributed by atoms with Crippen molar-refractivity contribution in [2.45, 2.75) is 63.4 Å². The Balaban J connectivity index is 1.22. The van der Waals surface area contributed by atoms with Crippen molar-refractivity contribution in [3.63, 3.8) is 0 Å². The van der Waals surface area contributed by atoms with Crippen LogP contribution in [0.2, 0.25) is 0 Å². The molecule has 3 saturated heterocycles. The van der Waals surface area contributed by atoms with Crippen LogP contribution in [0.25, 0.3) is 0 Å². The summed E-state index contributed by atoms with van der Waals surface area (Å²) < 4.78 is 5.42. The van der Waals surface area contributed by atoms with Gasteiger partial charge in [0.2, 0.25) is 0 Å². The summed E-state index contributed by atoms with van der Waals surface area (Å²) in [5.74, 6) is -0.905. The SMILES string of the molecule is CC1CNCC(C)N1N=Cc1ccc(C2CC(CN3CCC(OCC(=O)O)CC3)ON2)cc1. The van der Waals surface area contributed by atoms with Gasteiger partial charge in [-0.2, -0.15) is 10.6 Å². The highest BCUT2D eigenvalue weighted by Crippen LogP contribution is 2.27. The molecule has 3 fully saturated rings. The van der Waals surface area contributed by atoms with E-state index in [1.165, 1.54) is 5.56 Å². The molecule has 182 valence electrons. The highest BCUT2D eigenvalue weighted by atomic mass is 16.7. The second-order valence-corrected chi connectivity index (χ2v) is 9.50. The smallest absolute Gasteiger partial charge is 0.329 e. The molecule has 1 aromatic rings. The molecule has 3 N–H and O–H groups in total. The fourth-order valence-corrected chi connectivity index (χ4v) is 4.89. The van der Waals surface area contributed by atoms with Gasteiger partial charge >= 0.3 is 5.97 Å². The largest absolute Gasteiger partial charge is 0.480 e. The first kappa shape index (κ1) is 24.1. The lowest BCUT2D eigenvalue weighted by Crippen LogP contribution is -2.52. The number of nitrogens with zero attached hydrogens (tertiary/aromatic N) is 3. The number of piperidine rings is 1. The molecule has 3 aliphatic heterocycles. The van der Waals surface area contributed by atoms with E-state index in [1.807, 2.05) is 6.21 Å². The van der Waals surface area contributed by atoms with Gasteiger partial charge in [0.05, 0.1) is 36.5 Å². The first-order valence-corrected chi connectivity index (χ1v) is 12.1. The van der Waals surface area contributed by atoms with E-state index in [2.05, 4.69) is 58.8 Å². The topological polar surface area (TPSA) is 98.7 Å². The minimum absolute atomic E-state index is 0.0489. The normalized spacial score (nSPS) is 29.7. The van der Waals surface area contributed by atoms with Gasteiger partial charge < -0.3 is 20.1 Å². The summed E-state index contributed by atoms with van der Waals surface area (Å²) in [6.45, 7) is 8.81. The van der Waals surface area contributed by atoms with Gasteiger partial charge in [0.1, 0.15) is 6.61 Å². The third-order valence-electron chi connectivity index (χ3n) is 6.78. The molecule has 4 atom stereocenters. The number of hydrogen-bond acceptors (Lipinski definition) is 8. The van der Waals surface area contributed by atoms with E-state index in [9.17, 15) is 4.79 Å². The van der Waals surface area contributed by atoms with Gasteiger partial charge in [-0.3, -0.25) is 9.85 Å². The van der Waals surface area contributed by atoms with Crippen LogP contribution >= 0.6 is 0 Å². The molecule has 1 aromatic carbocycles. The molecule has 0 spiro atoms. The minimum atomic E-state index is -0.905. The number of carboxylic acids is 1. The number of rotatable bonds is 8. The number of benzene rings is 1. The number of ether oxygens (including phenoxy) is 1. The molecule has 9 nitrogen and oxygen atoms in total. The first-order chi connectivity index (χ1) is 16.0. The van der Waals surface area contributed by atoms with Crippen LogP contribution in [0, 0.1) is 0 Å². The zero-order valence-corrected chi connectivity index (χ0v) is 19.7. The van der Waals surface area contributed by atoms with Crippen LogP contribution < -0.4 is 10.8 Å². The summed E-state index contributed by atoms with van der Waals surface area (Å²) in [4.78, 5) is 18.9. The van der Waals surface area contributed by atoms with E-state index >= 15 is 0 Å². The second-order valence-electron chi connectivity index (χ2n) is 9.50. The molecule has 0 aliphatic carbocycles. The zero-order valence-electron chi connectivity index (χ0n) is 19.7.